The molecule has 0 heterocycles. The zero-order valence-corrected chi connectivity index (χ0v) is 40.1. The van der Waals surface area contributed by atoms with Crippen LogP contribution >= 0.6 is 7.82 Å². The highest BCUT2D eigenvalue weighted by Gasteiger charge is 2.25. The third kappa shape index (κ3) is 47.5. The van der Waals surface area contributed by atoms with E-state index in [0.717, 1.165) is 70.6 Å². The lowest BCUT2D eigenvalue weighted by atomic mass is 10.0. The molecular formula is C51H96NO7P. The summed E-state index contributed by atoms with van der Waals surface area (Å²) in [4.78, 5) is 22.5. The SMILES string of the molecule is CC/C=C\C/C=C\C/C=C\CCCCCCCC(=O)OC(COCCCCCCCCCCCCCCCC/C=C\CCCCCCCCCC)COP(=O)(O)OCCN. The van der Waals surface area contributed by atoms with Gasteiger partial charge in [0.15, 0.2) is 0 Å². The monoisotopic (exact) mass is 866 g/mol. The number of carbonyl (C=O) groups excluding carboxylic acids is 1. The highest BCUT2D eigenvalue weighted by atomic mass is 31.2. The molecule has 2 unspecified atom stereocenters. The predicted molar refractivity (Wildman–Crippen MR) is 256 cm³/mol. The second-order valence-corrected chi connectivity index (χ2v) is 18.1. The molecule has 0 saturated heterocycles. The number of carbonyl (C=O) groups is 1. The summed E-state index contributed by atoms with van der Waals surface area (Å²) in [7, 11) is -4.29. The molecule has 0 amide bonds. The fourth-order valence-corrected chi connectivity index (χ4v) is 7.83. The maximum atomic E-state index is 12.6. The van der Waals surface area contributed by atoms with Crippen molar-refractivity contribution in [1.29, 1.82) is 0 Å². The van der Waals surface area contributed by atoms with Crippen molar-refractivity contribution in [2.24, 2.45) is 5.73 Å². The standard InChI is InChI=1S/C51H96NO7P/c1-3-5-7-9-11-13-15-17-19-20-21-22-23-24-25-26-27-28-29-31-33-35-37-39-41-43-46-56-48-50(49-58-60(54,55)57-47-45-52)59-51(53)44-42-40-38-36-34-32-30-18-16-14-12-10-8-6-4-2/h6,8,12,14,18,20-21,30,50H,3-5,7,9-11,13,15-17,19,22-29,31-49,52H2,1-2H3,(H,54,55)/b8-6-,14-12-,21-20-,30-18-. The Kier molecular flexibility index (Phi) is 47.2. The Morgan fingerprint density at radius 1 is 0.517 bits per heavy atom. The number of rotatable bonds is 48. The summed E-state index contributed by atoms with van der Waals surface area (Å²) < 4.78 is 33.5. The normalized spacial score (nSPS) is 13.7. The summed E-state index contributed by atoms with van der Waals surface area (Å²) in [5.74, 6) is -0.345. The molecule has 0 spiro atoms. The molecule has 8 nitrogen and oxygen atoms in total. The zero-order chi connectivity index (χ0) is 43.7. The summed E-state index contributed by atoms with van der Waals surface area (Å²) >= 11 is 0. The van der Waals surface area contributed by atoms with Crippen LogP contribution in [0.4, 0.5) is 0 Å². The number of nitrogens with two attached hydrogens (primary N) is 1. The largest absolute Gasteiger partial charge is 0.472 e. The van der Waals surface area contributed by atoms with E-state index in [1.165, 1.54) is 141 Å². The molecule has 0 aromatic heterocycles. The minimum atomic E-state index is -4.29. The first kappa shape index (κ1) is 58.5. The van der Waals surface area contributed by atoms with E-state index in [0.29, 0.717) is 13.0 Å². The Balaban J connectivity index is 3.89. The molecule has 2 atom stereocenters. The molecule has 0 fully saturated rings. The first-order valence-corrected chi connectivity index (χ1v) is 26.6. The molecule has 9 heteroatoms. The number of allylic oxidation sites excluding steroid dienone is 8. The average molecular weight is 866 g/mol. The van der Waals surface area contributed by atoms with E-state index in [1.807, 2.05) is 0 Å². The van der Waals surface area contributed by atoms with E-state index in [9.17, 15) is 14.3 Å². The molecule has 0 aromatic rings. The highest BCUT2D eigenvalue weighted by molar-refractivity contribution is 7.47. The lowest BCUT2D eigenvalue weighted by molar-refractivity contribution is -0.154. The first-order chi connectivity index (χ1) is 29.4. The lowest BCUT2D eigenvalue weighted by Gasteiger charge is -2.20. The molecule has 0 aliphatic rings. The molecule has 0 radical (unpaired) electrons. The Labute approximate surface area is 371 Å². The number of unbranched alkanes of at least 4 members (excludes halogenated alkanes) is 27. The molecule has 352 valence electrons. The van der Waals surface area contributed by atoms with Crippen LogP contribution in [0, 0.1) is 0 Å². The van der Waals surface area contributed by atoms with Crippen molar-refractivity contribution in [3.63, 3.8) is 0 Å². The predicted octanol–water partition coefficient (Wildman–Crippen LogP) is 15.5. The Morgan fingerprint density at radius 3 is 1.42 bits per heavy atom. The minimum Gasteiger partial charge on any atom is -0.457 e. The Hall–Kier alpha value is -1.54. The second-order valence-electron chi connectivity index (χ2n) is 16.6. The van der Waals surface area contributed by atoms with Gasteiger partial charge in [0, 0.05) is 19.6 Å². The van der Waals surface area contributed by atoms with E-state index in [2.05, 4.69) is 62.5 Å². The molecule has 0 bridgehead atoms. The number of hydrogen-bond donors (Lipinski definition) is 2. The summed E-state index contributed by atoms with van der Waals surface area (Å²) in [5, 5.41) is 0. The van der Waals surface area contributed by atoms with Crippen LogP contribution in [0.1, 0.15) is 232 Å². The average Bonchev–Trinajstić information content (AvgIpc) is 3.24. The molecule has 0 saturated carbocycles. The summed E-state index contributed by atoms with van der Waals surface area (Å²) in [6, 6.07) is 0. The molecule has 60 heavy (non-hydrogen) atoms. The van der Waals surface area contributed by atoms with Gasteiger partial charge in [-0.15, -0.1) is 0 Å². The van der Waals surface area contributed by atoms with Crippen molar-refractivity contribution in [2.75, 3.05) is 33.0 Å². The van der Waals surface area contributed by atoms with Gasteiger partial charge in [0.1, 0.15) is 6.10 Å². The van der Waals surface area contributed by atoms with Crippen molar-refractivity contribution in [2.45, 2.75) is 238 Å². The third-order valence-corrected chi connectivity index (χ3v) is 11.7. The quantitative estimate of drug-likeness (QED) is 0.0269. The van der Waals surface area contributed by atoms with Gasteiger partial charge in [0.2, 0.25) is 0 Å². The van der Waals surface area contributed by atoms with Crippen LogP contribution in [-0.2, 0) is 27.9 Å². The van der Waals surface area contributed by atoms with Gasteiger partial charge >= 0.3 is 13.8 Å². The van der Waals surface area contributed by atoms with Crippen LogP contribution in [0.5, 0.6) is 0 Å². The van der Waals surface area contributed by atoms with Crippen LogP contribution in [0.2, 0.25) is 0 Å². The summed E-state index contributed by atoms with van der Waals surface area (Å²) in [6.07, 6.45) is 58.7. The Morgan fingerprint density at radius 2 is 0.933 bits per heavy atom. The van der Waals surface area contributed by atoms with Crippen molar-refractivity contribution in [1.82, 2.24) is 0 Å². The van der Waals surface area contributed by atoms with Gasteiger partial charge in [-0.2, -0.15) is 0 Å². The molecule has 0 rings (SSSR count). The fraction of sp³-hybridized carbons (Fsp3) is 0.824. The number of hydrogen-bond acceptors (Lipinski definition) is 7. The number of ether oxygens (including phenoxy) is 2. The van der Waals surface area contributed by atoms with E-state index < -0.39 is 13.9 Å². The van der Waals surface area contributed by atoms with Crippen LogP contribution in [0.15, 0.2) is 48.6 Å². The fourth-order valence-electron chi connectivity index (χ4n) is 7.07. The van der Waals surface area contributed by atoms with Crippen LogP contribution in [0.25, 0.3) is 0 Å². The van der Waals surface area contributed by atoms with E-state index >= 15 is 0 Å². The van der Waals surface area contributed by atoms with Crippen molar-refractivity contribution < 1.29 is 32.8 Å². The van der Waals surface area contributed by atoms with E-state index in [1.54, 1.807) is 0 Å². The van der Waals surface area contributed by atoms with Gasteiger partial charge in [0.05, 0.1) is 19.8 Å². The van der Waals surface area contributed by atoms with Gasteiger partial charge in [-0.1, -0.05) is 204 Å². The van der Waals surface area contributed by atoms with Gasteiger partial charge < -0.3 is 20.1 Å². The van der Waals surface area contributed by atoms with Gasteiger partial charge in [-0.3, -0.25) is 13.8 Å². The van der Waals surface area contributed by atoms with E-state index in [4.69, 9.17) is 24.3 Å². The van der Waals surface area contributed by atoms with Crippen molar-refractivity contribution in [3.8, 4) is 0 Å². The van der Waals surface area contributed by atoms with E-state index in [-0.39, 0.29) is 32.3 Å². The molecular weight excluding hydrogens is 770 g/mol. The number of phosphoric ester groups is 1. The van der Waals surface area contributed by atoms with Crippen LogP contribution in [0.3, 0.4) is 0 Å². The lowest BCUT2D eigenvalue weighted by Crippen LogP contribution is -2.28. The maximum Gasteiger partial charge on any atom is 0.472 e. The van der Waals surface area contributed by atoms with Crippen LogP contribution < -0.4 is 5.73 Å². The number of phosphoric acid groups is 1. The summed E-state index contributed by atoms with van der Waals surface area (Å²) in [5.41, 5.74) is 5.38. The van der Waals surface area contributed by atoms with Crippen molar-refractivity contribution >= 4 is 13.8 Å². The second kappa shape index (κ2) is 48.5. The third-order valence-electron chi connectivity index (χ3n) is 10.7. The molecule has 3 N–H and O–H groups in total. The van der Waals surface area contributed by atoms with Crippen LogP contribution in [-0.4, -0.2) is 49.9 Å². The van der Waals surface area contributed by atoms with Gasteiger partial charge in [-0.05, 0) is 70.6 Å². The first-order valence-electron chi connectivity index (χ1n) is 25.1. The Bertz CT molecular complexity index is 1060. The number of esters is 1. The topological polar surface area (TPSA) is 117 Å². The van der Waals surface area contributed by atoms with Crippen molar-refractivity contribution in [3.05, 3.63) is 48.6 Å². The van der Waals surface area contributed by atoms with Gasteiger partial charge in [-0.25, -0.2) is 4.57 Å². The smallest absolute Gasteiger partial charge is 0.457 e. The van der Waals surface area contributed by atoms with Gasteiger partial charge in [0.25, 0.3) is 0 Å². The minimum absolute atomic E-state index is 0.0966. The maximum absolute atomic E-state index is 12.6. The summed E-state index contributed by atoms with van der Waals surface area (Å²) in [6.45, 7) is 4.81. The molecule has 0 aliphatic carbocycles. The molecule has 0 aliphatic heterocycles. The highest BCUT2D eigenvalue weighted by Crippen LogP contribution is 2.43. The molecule has 0 aromatic carbocycles. The zero-order valence-electron chi connectivity index (χ0n) is 39.2.